The van der Waals surface area contributed by atoms with E-state index in [2.05, 4.69) is 230 Å². The fourth-order valence-corrected chi connectivity index (χ4v) is 11.0. The molecule has 0 unspecified atom stereocenters. The lowest BCUT2D eigenvalue weighted by molar-refractivity contribution is 0.660. The van der Waals surface area contributed by atoms with E-state index in [-0.39, 0.29) is 5.41 Å². The molecule has 0 bridgehead atoms. The molecule has 0 amide bonds. The molecule has 1 aliphatic rings. The summed E-state index contributed by atoms with van der Waals surface area (Å²) in [7, 11) is 0. The van der Waals surface area contributed by atoms with E-state index in [4.69, 9.17) is 0 Å². The number of benzene rings is 9. The van der Waals surface area contributed by atoms with Crippen LogP contribution in [-0.2, 0) is 5.41 Å². The molecule has 0 spiro atoms. The number of anilines is 3. The van der Waals surface area contributed by atoms with Crippen LogP contribution in [0, 0.1) is 0 Å². The normalized spacial score (nSPS) is 13.0. The van der Waals surface area contributed by atoms with Gasteiger partial charge in [0, 0.05) is 59.0 Å². The molecule has 11 aromatic rings. The molecule has 0 aliphatic heterocycles. The van der Waals surface area contributed by atoms with Gasteiger partial charge in [-0.1, -0.05) is 141 Å². The van der Waals surface area contributed by atoms with Gasteiger partial charge in [0.2, 0.25) is 0 Å². The maximum atomic E-state index is 2.43. The summed E-state index contributed by atoms with van der Waals surface area (Å²) < 4.78 is 5.08. The molecule has 2 aromatic heterocycles. The van der Waals surface area contributed by atoms with Gasteiger partial charge < -0.3 is 9.47 Å². The molecule has 12 rings (SSSR count). The summed E-state index contributed by atoms with van der Waals surface area (Å²) in [5, 5.41) is 5.13. The van der Waals surface area contributed by atoms with Crippen LogP contribution in [0.4, 0.5) is 17.1 Å². The van der Waals surface area contributed by atoms with Crippen molar-refractivity contribution in [2.24, 2.45) is 0 Å². The fourth-order valence-electron chi connectivity index (χ4n) is 9.91. The summed E-state index contributed by atoms with van der Waals surface area (Å²) >= 11 is 1.86. The molecule has 0 N–H and O–H groups in total. The number of thiophene rings is 1. The van der Waals surface area contributed by atoms with Crippen molar-refractivity contribution in [3.8, 4) is 39.1 Å². The number of fused-ring (bicyclic) bond motifs is 9. The molecule has 1 aliphatic carbocycles. The molecule has 284 valence electrons. The number of hydrogen-bond donors (Lipinski definition) is 0. The van der Waals surface area contributed by atoms with Crippen LogP contribution >= 0.6 is 11.3 Å². The van der Waals surface area contributed by atoms with Crippen molar-refractivity contribution in [1.82, 2.24) is 4.57 Å². The minimum atomic E-state index is -0.0496. The SMILES string of the molecule is CC1(C)c2ccccc2-c2cc(N(c3ccccc3)c3ccccc3-c3cccc(-c4ccc5c(c4)c4ccccc4n5-c4ccc5sc6ccccc6c5c4)c3)ccc21. The highest BCUT2D eigenvalue weighted by Crippen LogP contribution is 2.51. The first-order valence-electron chi connectivity index (χ1n) is 20.8. The van der Waals surface area contributed by atoms with Crippen LogP contribution in [0.5, 0.6) is 0 Å². The molecule has 0 fully saturated rings. The van der Waals surface area contributed by atoms with Gasteiger partial charge >= 0.3 is 0 Å². The maximum absolute atomic E-state index is 2.43. The van der Waals surface area contributed by atoms with E-state index in [1.807, 2.05) is 11.3 Å². The Balaban J connectivity index is 0.976. The topological polar surface area (TPSA) is 8.17 Å². The first kappa shape index (κ1) is 34.8. The third-order valence-electron chi connectivity index (χ3n) is 12.8. The first-order valence-corrected chi connectivity index (χ1v) is 21.6. The molecule has 3 heteroatoms. The predicted octanol–water partition coefficient (Wildman–Crippen LogP) is 16.3. The van der Waals surface area contributed by atoms with Crippen LogP contribution in [0.25, 0.3) is 81.0 Å². The molecule has 2 nitrogen and oxygen atoms in total. The lowest BCUT2D eigenvalue weighted by Crippen LogP contribution is -2.15. The van der Waals surface area contributed by atoms with Crippen LogP contribution in [0.1, 0.15) is 25.0 Å². The van der Waals surface area contributed by atoms with E-state index >= 15 is 0 Å². The first-order chi connectivity index (χ1) is 29.5. The summed E-state index contributed by atoms with van der Waals surface area (Å²) in [4.78, 5) is 2.42. The summed E-state index contributed by atoms with van der Waals surface area (Å²) in [5.41, 5.74) is 17.1. The largest absolute Gasteiger partial charge is 0.310 e. The Morgan fingerprint density at radius 2 is 1.08 bits per heavy atom. The molecule has 9 aromatic carbocycles. The van der Waals surface area contributed by atoms with Gasteiger partial charge in [-0.3, -0.25) is 0 Å². The van der Waals surface area contributed by atoms with Crippen LogP contribution < -0.4 is 4.90 Å². The van der Waals surface area contributed by atoms with Gasteiger partial charge in [0.15, 0.2) is 0 Å². The van der Waals surface area contributed by atoms with Crippen molar-refractivity contribution in [3.63, 3.8) is 0 Å². The lowest BCUT2D eigenvalue weighted by Gasteiger charge is -2.29. The van der Waals surface area contributed by atoms with E-state index in [0.29, 0.717) is 0 Å². The second-order valence-corrected chi connectivity index (χ2v) is 17.6. The zero-order valence-electron chi connectivity index (χ0n) is 33.4. The van der Waals surface area contributed by atoms with E-state index < -0.39 is 0 Å². The summed E-state index contributed by atoms with van der Waals surface area (Å²) in [6.07, 6.45) is 0. The van der Waals surface area contributed by atoms with Crippen molar-refractivity contribution in [2.75, 3.05) is 4.90 Å². The Morgan fingerprint density at radius 3 is 1.98 bits per heavy atom. The van der Waals surface area contributed by atoms with Crippen LogP contribution in [0.2, 0.25) is 0 Å². The van der Waals surface area contributed by atoms with Gasteiger partial charge in [0.1, 0.15) is 0 Å². The summed E-state index contributed by atoms with van der Waals surface area (Å²) in [5.74, 6) is 0. The summed E-state index contributed by atoms with van der Waals surface area (Å²) in [6, 6.07) is 76.1. The van der Waals surface area contributed by atoms with Crippen molar-refractivity contribution in [1.29, 1.82) is 0 Å². The average molecular weight is 785 g/mol. The van der Waals surface area contributed by atoms with Gasteiger partial charge in [-0.05, 0) is 118 Å². The molecule has 60 heavy (non-hydrogen) atoms. The van der Waals surface area contributed by atoms with E-state index in [9.17, 15) is 0 Å². The third kappa shape index (κ3) is 5.33. The highest BCUT2D eigenvalue weighted by molar-refractivity contribution is 7.25. The van der Waals surface area contributed by atoms with Gasteiger partial charge in [-0.15, -0.1) is 11.3 Å². The van der Waals surface area contributed by atoms with Gasteiger partial charge in [0.25, 0.3) is 0 Å². The Bertz CT molecular complexity index is 3480. The van der Waals surface area contributed by atoms with E-state index in [1.54, 1.807) is 0 Å². The Labute approximate surface area is 353 Å². The molecular weight excluding hydrogens is 745 g/mol. The monoisotopic (exact) mass is 784 g/mol. The van der Waals surface area contributed by atoms with Crippen molar-refractivity contribution < 1.29 is 0 Å². The second kappa shape index (κ2) is 13.4. The smallest absolute Gasteiger partial charge is 0.0541 e. The van der Waals surface area contributed by atoms with Crippen molar-refractivity contribution >= 4 is 70.4 Å². The second-order valence-electron chi connectivity index (χ2n) is 16.5. The standard InChI is InChI=1S/C57H40N2S/c1-57(2)50-23-10-6-20-44(50)47-35-41(28-30-51(47)57)58(40-17-4-3-5-18-40)52-24-11-7-19-43(52)39-16-14-15-37(33-39)38-27-31-54-48(34-38)45-21-8-12-25-53(45)59(54)42-29-32-56-49(36-42)46-22-9-13-26-55(46)60-56/h3-36H,1-2H3. The van der Waals surface area contributed by atoms with Gasteiger partial charge in [-0.25, -0.2) is 0 Å². The average Bonchev–Trinajstić information content (AvgIpc) is 3.92. The molecule has 2 heterocycles. The number of para-hydroxylation sites is 3. The van der Waals surface area contributed by atoms with Crippen molar-refractivity contribution in [3.05, 3.63) is 217 Å². The molecule has 0 saturated carbocycles. The minimum absolute atomic E-state index is 0.0496. The van der Waals surface area contributed by atoms with Gasteiger partial charge in [-0.2, -0.15) is 0 Å². The van der Waals surface area contributed by atoms with E-state index in [1.165, 1.54) is 92.2 Å². The zero-order valence-corrected chi connectivity index (χ0v) is 34.2. The molecule has 0 saturated heterocycles. The zero-order chi connectivity index (χ0) is 40.0. The minimum Gasteiger partial charge on any atom is -0.310 e. The van der Waals surface area contributed by atoms with Crippen molar-refractivity contribution in [2.45, 2.75) is 19.3 Å². The number of aromatic nitrogens is 1. The highest BCUT2D eigenvalue weighted by atomic mass is 32.1. The Hall–Kier alpha value is -7.20. The number of hydrogen-bond acceptors (Lipinski definition) is 2. The quantitative estimate of drug-likeness (QED) is 0.163. The molecular formula is C57H40N2S. The van der Waals surface area contributed by atoms with Crippen LogP contribution in [0.15, 0.2) is 206 Å². The number of nitrogens with zero attached hydrogens (tertiary/aromatic N) is 2. The maximum Gasteiger partial charge on any atom is 0.0541 e. The molecule has 0 atom stereocenters. The predicted molar refractivity (Wildman–Crippen MR) is 257 cm³/mol. The van der Waals surface area contributed by atoms with E-state index in [0.717, 1.165) is 17.1 Å². The summed E-state index contributed by atoms with van der Waals surface area (Å²) in [6.45, 7) is 4.69. The Morgan fingerprint density at radius 1 is 0.400 bits per heavy atom. The fraction of sp³-hybridized carbons (Fsp3) is 0.0526. The lowest BCUT2D eigenvalue weighted by atomic mass is 9.82. The third-order valence-corrected chi connectivity index (χ3v) is 13.9. The van der Waals surface area contributed by atoms with Crippen LogP contribution in [0.3, 0.4) is 0 Å². The Kier molecular flexibility index (Phi) is 7.79. The van der Waals surface area contributed by atoms with Gasteiger partial charge in [0.05, 0.1) is 16.7 Å². The number of rotatable bonds is 6. The highest BCUT2D eigenvalue weighted by Gasteiger charge is 2.35. The molecule has 0 radical (unpaired) electrons. The van der Waals surface area contributed by atoms with Crippen LogP contribution in [-0.4, -0.2) is 4.57 Å².